The van der Waals surface area contributed by atoms with E-state index in [2.05, 4.69) is 20.6 Å². The van der Waals surface area contributed by atoms with Crippen LogP contribution in [-0.4, -0.2) is 44.2 Å². The standard InChI is InChI=1S/C25H30N2O4.C24H28N2O4/c1-24(2,3)17-11-18(25(4,5)6)21(28)12-20(17)27-23(30)16-13-26-19-10-14(31-7)8-9-15(19)22(16)29;1-23(2,3)16-10-17(24(4,5)6)20(28)11-19(16)26-22(30)15-12-25-18-9-13(27)7-8-14(18)21(15)29/h8-13,28H,1-7H3,(H,26,29)(H,27,30);7-12,27-28H,1-6H3,(H,25,29)(H,26,30). The van der Waals surface area contributed by atoms with Gasteiger partial charge in [0.1, 0.15) is 34.1 Å². The maximum atomic E-state index is 13.0. The molecule has 0 radical (unpaired) electrons. The number of aromatic nitrogens is 2. The number of pyridine rings is 2. The summed E-state index contributed by atoms with van der Waals surface area (Å²) in [7, 11) is 1.55. The first-order valence-corrected chi connectivity index (χ1v) is 20.0. The number of phenols is 3. The molecule has 6 rings (SSSR count). The number of fused-ring (bicyclic) bond motifs is 2. The van der Waals surface area contributed by atoms with E-state index in [-0.39, 0.29) is 55.5 Å². The van der Waals surface area contributed by atoms with Gasteiger partial charge in [-0.05, 0) is 80.3 Å². The van der Waals surface area contributed by atoms with E-state index < -0.39 is 17.2 Å². The second-order valence-corrected chi connectivity index (χ2v) is 19.4. The van der Waals surface area contributed by atoms with Crippen LogP contribution >= 0.6 is 0 Å². The van der Waals surface area contributed by atoms with Crippen molar-refractivity contribution < 1.29 is 29.6 Å². The molecule has 7 N–H and O–H groups in total. The highest BCUT2D eigenvalue weighted by atomic mass is 16.5. The first-order chi connectivity index (χ1) is 28.1. The number of amides is 2. The number of hydrogen-bond donors (Lipinski definition) is 7. The van der Waals surface area contributed by atoms with Gasteiger partial charge in [-0.2, -0.15) is 0 Å². The fourth-order valence-corrected chi connectivity index (χ4v) is 7.08. The topological polar surface area (TPSA) is 194 Å². The zero-order valence-electron chi connectivity index (χ0n) is 37.3. The lowest BCUT2D eigenvalue weighted by molar-refractivity contribution is 0.101. The van der Waals surface area contributed by atoms with Crippen molar-refractivity contribution in [3.63, 3.8) is 0 Å². The Balaban J connectivity index is 0.000000231. The zero-order chi connectivity index (χ0) is 45.6. The summed E-state index contributed by atoms with van der Waals surface area (Å²) in [5, 5.41) is 37.1. The van der Waals surface area contributed by atoms with E-state index in [1.54, 1.807) is 37.4 Å². The van der Waals surface area contributed by atoms with Crippen LogP contribution < -0.4 is 26.2 Å². The molecule has 0 aliphatic heterocycles. The van der Waals surface area contributed by atoms with Gasteiger partial charge in [0.25, 0.3) is 11.8 Å². The normalized spacial score (nSPS) is 12.1. The predicted octanol–water partition coefficient (Wildman–Crippen LogP) is 9.88. The van der Waals surface area contributed by atoms with E-state index in [0.717, 1.165) is 22.3 Å². The van der Waals surface area contributed by atoms with Gasteiger partial charge in [0.15, 0.2) is 0 Å². The molecule has 2 amide bonds. The third-order valence-corrected chi connectivity index (χ3v) is 10.4. The lowest BCUT2D eigenvalue weighted by atomic mass is 9.79. The Hall–Kier alpha value is -6.56. The van der Waals surface area contributed by atoms with Gasteiger partial charge in [-0.25, -0.2) is 0 Å². The Bertz CT molecular complexity index is 2790. The molecule has 6 aromatic rings. The summed E-state index contributed by atoms with van der Waals surface area (Å²) in [6.07, 6.45) is 2.74. The molecule has 12 nitrogen and oxygen atoms in total. The fourth-order valence-electron chi connectivity index (χ4n) is 7.08. The largest absolute Gasteiger partial charge is 0.508 e. The molecule has 0 aliphatic rings. The van der Waals surface area contributed by atoms with Crippen LogP contribution in [0.1, 0.15) is 126 Å². The molecule has 322 valence electrons. The van der Waals surface area contributed by atoms with Crippen LogP contribution in [0.4, 0.5) is 11.4 Å². The third kappa shape index (κ3) is 9.91. The van der Waals surface area contributed by atoms with E-state index in [4.69, 9.17) is 4.74 Å². The van der Waals surface area contributed by atoms with Gasteiger partial charge in [0, 0.05) is 58.8 Å². The Morgan fingerprint density at radius 2 is 0.902 bits per heavy atom. The molecule has 2 aromatic heterocycles. The van der Waals surface area contributed by atoms with Crippen molar-refractivity contribution in [3.05, 3.63) is 127 Å². The summed E-state index contributed by atoms with van der Waals surface area (Å²) in [6, 6.07) is 16.3. The number of benzene rings is 4. The summed E-state index contributed by atoms with van der Waals surface area (Å²) in [5.74, 6) is -0.264. The molecule has 12 heteroatoms. The number of aromatic amines is 2. The van der Waals surface area contributed by atoms with Crippen LogP contribution in [0.2, 0.25) is 0 Å². The molecule has 0 fully saturated rings. The fraction of sp³-hybridized carbons (Fsp3) is 0.347. The SMILES string of the molecule is CC(C)(C)c1cc(C(C)(C)C)c(NC(=O)c2c[nH]c3cc(O)ccc3c2=O)cc1O.COc1ccc2c(=O)c(C(=O)Nc3cc(O)c(C(C)(C)C)cc3C(C)(C)C)c[nH]c2c1. The molecule has 0 aliphatic carbocycles. The van der Waals surface area contributed by atoms with Crippen LogP contribution in [0.5, 0.6) is 23.0 Å². The van der Waals surface area contributed by atoms with E-state index >= 15 is 0 Å². The number of carbonyl (C=O) groups excluding carboxylic acids is 2. The minimum atomic E-state index is -0.570. The molecule has 2 heterocycles. The molecule has 61 heavy (non-hydrogen) atoms. The highest BCUT2D eigenvalue weighted by Gasteiger charge is 2.28. The number of phenolic OH excluding ortho intramolecular Hbond substituents is 3. The van der Waals surface area contributed by atoms with Gasteiger partial charge in [0.05, 0.1) is 18.1 Å². The summed E-state index contributed by atoms with van der Waals surface area (Å²) < 4.78 is 5.18. The van der Waals surface area contributed by atoms with E-state index in [0.29, 0.717) is 38.9 Å². The van der Waals surface area contributed by atoms with Gasteiger partial charge in [-0.1, -0.05) is 83.1 Å². The van der Waals surface area contributed by atoms with Crippen LogP contribution in [0.25, 0.3) is 21.8 Å². The maximum Gasteiger partial charge on any atom is 0.261 e. The molecule has 0 atom stereocenters. The summed E-state index contributed by atoms with van der Waals surface area (Å²) >= 11 is 0. The summed E-state index contributed by atoms with van der Waals surface area (Å²) in [4.78, 5) is 57.6. The van der Waals surface area contributed by atoms with Crippen molar-refractivity contribution in [2.24, 2.45) is 0 Å². The van der Waals surface area contributed by atoms with Crippen molar-refractivity contribution in [1.82, 2.24) is 9.97 Å². The Labute approximate surface area is 356 Å². The number of H-pyrrole nitrogens is 2. The Kier molecular flexibility index (Phi) is 12.3. The Morgan fingerprint density at radius 1 is 0.525 bits per heavy atom. The average molecular weight is 831 g/mol. The second kappa shape index (κ2) is 16.5. The van der Waals surface area contributed by atoms with Crippen molar-refractivity contribution in [1.29, 1.82) is 0 Å². The number of rotatable bonds is 5. The summed E-state index contributed by atoms with van der Waals surface area (Å²) in [6.45, 7) is 24.3. The van der Waals surface area contributed by atoms with Crippen molar-refractivity contribution >= 4 is 45.0 Å². The van der Waals surface area contributed by atoms with E-state index in [9.17, 15) is 34.5 Å². The van der Waals surface area contributed by atoms with Gasteiger partial charge in [-0.3, -0.25) is 19.2 Å². The minimum absolute atomic E-state index is 0.00286. The van der Waals surface area contributed by atoms with Crippen LogP contribution in [-0.2, 0) is 21.7 Å². The monoisotopic (exact) mass is 830 g/mol. The zero-order valence-corrected chi connectivity index (χ0v) is 37.3. The Morgan fingerprint density at radius 3 is 1.28 bits per heavy atom. The quantitative estimate of drug-likeness (QED) is 0.0892. The first kappa shape index (κ1) is 45.5. The molecular weight excluding hydrogens is 773 g/mol. The molecular formula is C49H58N4O8. The third-order valence-electron chi connectivity index (χ3n) is 10.4. The van der Waals surface area contributed by atoms with Crippen molar-refractivity contribution in [2.75, 3.05) is 17.7 Å². The number of aromatic hydroxyl groups is 3. The number of hydrogen-bond acceptors (Lipinski definition) is 8. The number of methoxy groups -OCH3 is 1. The second-order valence-electron chi connectivity index (χ2n) is 19.4. The maximum absolute atomic E-state index is 13.0. The highest BCUT2D eigenvalue weighted by molar-refractivity contribution is 6.07. The molecule has 0 unspecified atom stereocenters. The molecule has 0 saturated carbocycles. The smallest absolute Gasteiger partial charge is 0.261 e. The van der Waals surface area contributed by atoms with Gasteiger partial charge >= 0.3 is 0 Å². The predicted molar refractivity (Wildman–Crippen MR) is 244 cm³/mol. The summed E-state index contributed by atoms with van der Waals surface area (Å²) in [5.41, 5.74) is 3.32. The minimum Gasteiger partial charge on any atom is -0.508 e. The average Bonchev–Trinajstić information content (AvgIpc) is 3.13. The number of ether oxygens (including phenoxy) is 1. The van der Waals surface area contributed by atoms with E-state index in [1.165, 1.54) is 30.6 Å². The van der Waals surface area contributed by atoms with E-state index in [1.807, 2.05) is 95.2 Å². The van der Waals surface area contributed by atoms with Crippen LogP contribution in [0, 0.1) is 0 Å². The molecule has 0 bridgehead atoms. The lowest BCUT2D eigenvalue weighted by Crippen LogP contribution is -2.25. The lowest BCUT2D eigenvalue weighted by Gasteiger charge is -2.28. The molecule has 4 aromatic carbocycles. The van der Waals surface area contributed by atoms with Crippen molar-refractivity contribution in [3.8, 4) is 23.0 Å². The van der Waals surface area contributed by atoms with Crippen molar-refractivity contribution in [2.45, 2.75) is 105 Å². The first-order valence-electron chi connectivity index (χ1n) is 20.0. The highest BCUT2D eigenvalue weighted by Crippen LogP contribution is 2.41. The van der Waals surface area contributed by atoms with Crippen LogP contribution in [0.15, 0.2) is 82.6 Å². The number of nitrogens with one attached hydrogen (secondary N) is 4. The van der Waals surface area contributed by atoms with Crippen LogP contribution in [0.3, 0.4) is 0 Å². The number of carbonyl (C=O) groups is 2. The molecule has 0 saturated heterocycles. The van der Waals surface area contributed by atoms with Gasteiger partial charge < -0.3 is 40.7 Å². The number of anilines is 2. The van der Waals surface area contributed by atoms with Gasteiger partial charge in [-0.15, -0.1) is 0 Å². The molecule has 0 spiro atoms. The van der Waals surface area contributed by atoms with Gasteiger partial charge in [0.2, 0.25) is 10.9 Å².